The maximum Gasteiger partial charge on any atom is 0.305 e. The maximum atomic E-state index is 13.8. The fourth-order valence-corrected chi connectivity index (χ4v) is 8.22. The van der Waals surface area contributed by atoms with Gasteiger partial charge in [0.25, 0.3) is 5.91 Å². The summed E-state index contributed by atoms with van der Waals surface area (Å²) < 4.78 is 28.4. The smallest absolute Gasteiger partial charge is 0.305 e. The van der Waals surface area contributed by atoms with Crippen LogP contribution in [0.1, 0.15) is 16.4 Å². The number of nitrogens with one attached hydrogen (secondary N) is 2. The van der Waals surface area contributed by atoms with E-state index in [2.05, 4.69) is 10.3 Å². The van der Waals surface area contributed by atoms with Crippen LogP contribution in [-0.2, 0) is 24.4 Å². The lowest BCUT2D eigenvalue weighted by atomic mass is 9.83. The summed E-state index contributed by atoms with van der Waals surface area (Å²) >= 11 is 8.20. The molecule has 43 heavy (non-hydrogen) atoms. The lowest BCUT2D eigenvalue weighted by Gasteiger charge is -2.29. The number of amides is 3. The van der Waals surface area contributed by atoms with Crippen molar-refractivity contribution in [3.8, 4) is 5.75 Å². The zero-order chi connectivity index (χ0) is 30.5. The number of nitrogens with two attached hydrogens (primary N) is 1. The van der Waals surface area contributed by atoms with Gasteiger partial charge in [-0.25, -0.2) is 18.5 Å². The number of halogens is 1. The van der Waals surface area contributed by atoms with Crippen LogP contribution in [0.4, 0.5) is 11.4 Å². The first-order valence-electron chi connectivity index (χ1n) is 12.7. The summed E-state index contributed by atoms with van der Waals surface area (Å²) in [6.45, 7) is -0.326. The van der Waals surface area contributed by atoms with Crippen LogP contribution in [0.2, 0.25) is 5.02 Å². The highest BCUT2D eigenvalue weighted by atomic mass is 35.5. The molecule has 0 bridgehead atoms. The molecule has 0 radical (unpaired) electrons. The van der Waals surface area contributed by atoms with Gasteiger partial charge in [-0.3, -0.25) is 19.2 Å². The van der Waals surface area contributed by atoms with Crippen LogP contribution in [0.5, 0.6) is 5.75 Å². The van der Waals surface area contributed by atoms with Crippen molar-refractivity contribution < 1.29 is 27.5 Å². The molecule has 6 rings (SSSR count). The van der Waals surface area contributed by atoms with Crippen molar-refractivity contribution >= 4 is 73.8 Å². The SMILES string of the molecule is NS(=O)(=O)c1ccc(NC(=O)COc2ccc(C3c4sc(=O)[nH]c4SC4C(=O)N(c5ccc(Cl)cc5)C(=O)C43)cc2)cc1. The summed E-state index contributed by atoms with van der Waals surface area (Å²) in [7, 11) is -3.85. The lowest BCUT2D eigenvalue weighted by Crippen LogP contribution is -2.32. The second-order valence-electron chi connectivity index (χ2n) is 9.71. The molecule has 11 nitrogen and oxygen atoms in total. The predicted molar refractivity (Wildman–Crippen MR) is 162 cm³/mol. The molecule has 0 aliphatic carbocycles. The number of imide groups is 1. The number of benzene rings is 3. The summed E-state index contributed by atoms with van der Waals surface area (Å²) in [4.78, 5) is 56.2. The molecule has 3 unspecified atom stereocenters. The molecule has 1 saturated heterocycles. The number of rotatable bonds is 7. The molecule has 3 aromatic carbocycles. The fraction of sp³-hybridized carbons (Fsp3) is 0.143. The van der Waals surface area contributed by atoms with Crippen molar-refractivity contribution in [3.05, 3.63) is 97.9 Å². The van der Waals surface area contributed by atoms with Crippen molar-refractivity contribution in [2.24, 2.45) is 11.1 Å². The molecular weight excluding hydrogens is 636 g/mol. The number of ether oxygens (including phenoxy) is 1. The number of sulfonamides is 1. The third-order valence-corrected chi connectivity index (χ3v) is 10.6. The highest BCUT2D eigenvalue weighted by Gasteiger charge is 2.56. The minimum absolute atomic E-state index is 0.0786. The molecular formula is C28H21ClN4O7S3. The van der Waals surface area contributed by atoms with Crippen LogP contribution in [0.15, 0.2) is 87.5 Å². The quantitative estimate of drug-likeness (QED) is 0.254. The van der Waals surface area contributed by atoms with Gasteiger partial charge in [-0.1, -0.05) is 46.8 Å². The largest absolute Gasteiger partial charge is 0.484 e. The molecule has 220 valence electrons. The van der Waals surface area contributed by atoms with Crippen molar-refractivity contribution in [3.63, 3.8) is 0 Å². The third-order valence-electron chi connectivity index (χ3n) is 6.98. The number of nitrogens with zero attached hydrogens (tertiary/aromatic N) is 1. The number of anilines is 2. The van der Waals surface area contributed by atoms with Crippen LogP contribution in [0.3, 0.4) is 0 Å². The summed E-state index contributed by atoms with van der Waals surface area (Å²) in [5.74, 6) is -2.13. The highest BCUT2D eigenvalue weighted by Crippen LogP contribution is 2.53. The van der Waals surface area contributed by atoms with Crippen molar-refractivity contribution in [1.29, 1.82) is 0 Å². The van der Waals surface area contributed by atoms with Gasteiger partial charge in [0.2, 0.25) is 21.8 Å². The van der Waals surface area contributed by atoms with Crippen LogP contribution in [0, 0.1) is 5.92 Å². The van der Waals surface area contributed by atoms with Crippen molar-refractivity contribution in [1.82, 2.24) is 4.98 Å². The number of H-pyrrole nitrogens is 1. The molecule has 3 atom stereocenters. The van der Waals surface area contributed by atoms with E-state index in [9.17, 15) is 27.6 Å². The van der Waals surface area contributed by atoms with Crippen LogP contribution in [0.25, 0.3) is 0 Å². The second-order valence-corrected chi connectivity index (χ2v) is 13.9. The monoisotopic (exact) mass is 656 g/mol. The minimum atomic E-state index is -3.85. The Morgan fingerprint density at radius 1 is 0.977 bits per heavy atom. The number of hydrogen-bond donors (Lipinski definition) is 3. The normalized spacial score (nSPS) is 19.6. The third kappa shape index (κ3) is 5.71. The number of primary sulfonamides is 1. The molecule has 3 heterocycles. The number of carbonyl (C=O) groups excluding carboxylic acids is 3. The molecule has 3 amide bonds. The van der Waals surface area contributed by atoms with Crippen molar-refractivity contribution in [2.45, 2.75) is 21.1 Å². The summed E-state index contributed by atoms with van der Waals surface area (Å²) in [5.41, 5.74) is 1.50. The first-order valence-corrected chi connectivity index (χ1v) is 16.3. The van der Waals surface area contributed by atoms with Gasteiger partial charge < -0.3 is 15.0 Å². The Morgan fingerprint density at radius 2 is 1.65 bits per heavy atom. The van der Waals surface area contributed by atoms with Gasteiger partial charge in [-0.05, 0) is 66.2 Å². The number of fused-ring (bicyclic) bond motifs is 2. The number of thiazole rings is 1. The van der Waals surface area contributed by atoms with E-state index in [1.807, 2.05) is 0 Å². The molecule has 2 aliphatic rings. The van der Waals surface area contributed by atoms with Gasteiger partial charge in [0.15, 0.2) is 6.61 Å². The standard InChI is InChI=1S/C28H21ClN4O7S3/c29-15-3-7-17(8-4-15)33-26(35)22-21(23-25(32-28(37)42-23)41-24(22)27(33)36)14-1-9-18(10-2-14)40-13-20(34)31-16-5-11-19(12-6-16)43(30,38)39/h1-12,21-22,24H,13H2,(H,31,34)(H,32,37)(H2,30,38,39). The number of aromatic amines is 1. The maximum absolute atomic E-state index is 13.8. The van der Waals surface area contributed by atoms with Crippen LogP contribution in [-0.4, -0.2) is 43.0 Å². The Hall–Kier alpha value is -3.95. The van der Waals surface area contributed by atoms with Gasteiger partial charge in [0.05, 0.1) is 21.5 Å². The topological polar surface area (TPSA) is 169 Å². The molecule has 4 aromatic rings. The van der Waals surface area contributed by atoms with Crippen molar-refractivity contribution in [2.75, 3.05) is 16.8 Å². The van der Waals surface area contributed by atoms with E-state index in [1.54, 1.807) is 48.5 Å². The number of thioether (sulfide) groups is 1. The molecule has 15 heteroatoms. The molecule has 4 N–H and O–H groups in total. The molecule has 1 fully saturated rings. The Morgan fingerprint density at radius 3 is 2.30 bits per heavy atom. The lowest BCUT2D eigenvalue weighted by molar-refractivity contribution is -0.122. The van der Waals surface area contributed by atoms with E-state index < -0.39 is 33.0 Å². The van der Waals surface area contributed by atoms with E-state index in [1.165, 1.54) is 40.9 Å². The van der Waals surface area contributed by atoms with Crippen LogP contribution >= 0.6 is 34.7 Å². The Balaban J connectivity index is 1.20. The molecule has 0 saturated carbocycles. The number of hydrogen-bond acceptors (Lipinski definition) is 9. The Kier molecular flexibility index (Phi) is 7.64. The number of aromatic nitrogens is 1. The van der Waals surface area contributed by atoms with Gasteiger partial charge in [0, 0.05) is 21.5 Å². The van der Waals surface area contributed by atoms with Gasteiger partial charge in [-0.2, -0.15) is 0 Å². The predicted octanol–water partition coefficient (Wildman–Crippen LogP) is 3.55. The van der Waals surface area contributed by atoms with E-state index in [0.717, 1.165) is 11.3 Å². The Bertz CT molecular complexity index is 1910. The summed E-state index contributed by atoms with van der Waals surface area (Å²) in [6, 6.07) is 18.6. The first kappa shape index (κ1) is 29.1. The summed E-state index contributed by atoms with van der Waals surface area (Å²) in [6.07, 6.45) is 0. The first-order chi connectivity index (χ1) is 20.5. The van der Waals surface area contributed by atoms with Crippen LogP contribution < -0.4 is 25.0 Å². The Labute approximate surface area is 258 Å². The van der Waals surface area contributed by atoms with E-state index in [-0.39, 0.29) is 28.2 Å². The molecule has 2 aliphatic heterocycles. The zero-order valence-electron chi connectivity index (χ0n) is 21.9. The average Bonchev–Trinajstić information content (AvgIpc) is 3.46. The fourth-order valence-electron chi connectivity index (χ4n) is 5.07. The zero-order valence-corrected chi connectivity index (χ0v) is 25.1. The second kappa shape index (κ2) is 11.3. The van der Waals surface area contributed by atoms with E-state index >= 15 is 0 Å². The molecule has 1 aromatic heterocycles. The van der Waals surface area contributed by atoms with Gasteiger partial charge in [-0.15, -0.1) is 0 Å². The van der Waals surface area contributed by atoms with Gasteiger partial charge in [0.1, 0.15) is 11.0 Å². The summed E-state index contributed by atoms with van der Waals surface area (Å²) in [5, 5.41) is 8.00. The van der Waals surface area contributed by atoms with Gasteiger partial charge >= 0.3 is 4.87 Å². The van der Waals surface area contributed by atoms with E-state index in [4.69, 9.17) is 21.5 Å². The highest BCUT2D eigenvalue weighted by molar-refractivity contribution is 8.00. The number of carbonyl (C=O) groups is 3. The van der Waals surface area contributed by atoms with E-state index in [0.29, 0.717) is 37.6 Å². The molecule has 0 spiro atoms. The average molecular weight is 657 g/mol. The minimum Gasteiger partial charge on any atom is -0.484 e.